The maximum atomic E-state index is 13.6. The maximum Gasteiger partial charge on any atom is 0.266 e. The van der Waals surface area contributed by atoms with Crippen molar-refractivity contribution in [1.29, 1.82) is 0 Å². The molecule has 0 unspecified atom stereocenters. The standard InChI is InChI=1S/C25H21ClN2O4/c1-2-31-20-11-7-6-10-19(20)22-21-23(32-28(22)18-8-4-3-5-9-18)25(30)27(24(21)29)17-14-12-16(26)13-15-17/h3-15,21-23H,2H2,1H3/t21-,22-,23-/m1/s1. The van der Waals surface area contributed by atoms with Crippen LogP contribution in [0.3, 0.4) is 0 Å². The fourth-order valence-corrected chi connectivity index (χ4v) is 4.51. The summed E-state index contributed by atoms with van der Waals surface area (Å²) in [5, 5.41) is 2.20. The molecule has 3 aromatic carbocycles. The number of anilines is 2. The number of carbonyl (C=O) groups is 2. The van der Waals surface area contributed by atoms with Crippen LogP contribution in [0.2, 0.25) is 5.02 Å². The molecule has 0 bridgehead atoms. The van der Waals surface area contributed by atoms with Gasteiger partial charge in [0, 0.05) is 10.6 Å². The highest BCUT2D eigenvalue weighted by Crippen LogP contribution is 2.49. The molecule has 2 aliphatic rings. The average molecular weight is 449 g/mol. The molecule has 0 spiro atoms. The molecule has 2 aliphatic heterocycles. The second-order valence-electron chi connectivity index (χ2n) is 7.62. The van der Waals surface area contributed by atoms with Gasteiger partial charge in [0.15, 0.2) is 6.10 Å². The molecule has 3 aromatic rings. The van der Waals surface area contributed by atoms with Crippen molar-refractivity contribution in [3.63, 3.8) is 0 Å². The molecule has 6 nitrogen and oxygen atoms in total. The average Bonchev–Trinajstić information content (AvgIpc) is 3.32. The third kappa shape index (κ3) is 3.32. The second-order valence-corrected chi connectivity index (χ2v) is 8.05. The number of carbonyl (C=O) groups excluding carboxylic acids is 2. The van der Waals surface area contributed by atoms with Crippen LogP contribution in [0, 0.1) is 5.92 Å². The third-order valence-corrected chi connectivity index (χ3v) is 6.00. The Morgan fingerprint density at radius 1 is 0.875 bits per heavy atom. The molecule has 0 radical (unpaired) electrons. The number of hydrogen-bond acceptors (Lipinski definition) is 5. The van der Waals surface area contributed by atoms with Gasteiger partial charge in [0.25, 0.3) is 5.91 Å². The number of imide groups is 1. The Morgan fingerprint density at radius 3 is 2.28 bits per heavy atom. The van der Waals surface area contributed by atoms with E-state index in [1.807, 2.05) is 61.5 Å². The Bertz CT molecular complexity index is 1150. The lowest BCUT2D eigenvalue weighted by Gasteiger charge is -2.29. The van der Waals surface area contributed by atoms with Crippen molar-refractivity contribution >= 4 is 34.8 Å². The van der Waals surface area contributed by atoms with Gasteiger partial charge in [-0.15, -0.1) is 0 Å². The molecule has 2 amide bonds. The van der Waals surface area contributed by atoms with E-state index in [0.29, 0.717) is 23.1 Å². The highest BCUT2D eigenvalue weighted by Gasteiger charge is 2.60. The van der Waals surface area contributed by atoms with Crippen LogP contribution < -0.4 is 14.7 Å². The number of halogens is 1. The number of hydroxylamine groups is 1. The number of ether oxygens (including phenoxy) is 1. The minimum atomic E-state index is -0.932. The first-order valence-electron chi connectivity index (χ1n) is 10.5. The molecule has 0 aromatic heterocycles. The maximum absolute atomic E-state index is 13.6. The van der Waals surface area contributed by atoms with E-state index in [9.17, 15) is 9.59 Å². The quantitative estimate of drug-likeness (QED) is 0.525. The highest BCUT2D eigenvalue weighted by atomic mass is 35.5. The monoisotopic (exact) mass is 448 g/mol. The number of amides is 2. The summed E-state index contributed by atoms with van der Waals surface area (Å²) in [5.41, 5.74) is 2.03. The molecule has 5 rings (SSSR count). The third-order valence-electron chi connectivity index (χ3n) is 5.75. The van der Waals surface area contributed by atoms with Crippen LogP contribution >= 0.6 is 11.6 Å². The minimum absolute atomic E-state index is 0.308. The van der Waals surface area contributed by atoms with E-state index in [-0.39, 0.29) is 11.8 Å². The van der Waals surface area contributed by atoms with Crippen LogP contribution in [0.5, 0.6) is 5.75 Å². The van der Waals surface area contributed by atoms with Gasteiger partial charge in [-0.2, -0.15) is 0 Å². The van der Waals surface area contributed by atoms with E-state index in [2.05, 4.69) is 0 Å². The molecule has 2 fully saturated rings. The fraction of sp³-hybridized carbons (Fsp3) is 0.200. The molecule has 0 aliphatic carbocycles. The normalized spacial score (nSPS) is 22.4. The predicted octanol–water partition coefficient (Wildman–Crippen LogP) is 4.79. The Kier molecular flexibility index (Phi) is 5.33. The van der Waals surface area contributed by atoms with Gasteiger partial charge in [0.05, 0.1) is 24.0 Å². The fourth-order valence-electron chi connectivity index (χ4n) is 4.39. The molecular formula is C25H21ClN2O4. The molecule has 32 heavy (non-hydrogen) atoms. The lowest BCUT2D eigenvalue weighted by Crippen LogP contribution is -2.37. The van der Waals surface area contributed by atoms with Crippen molar-refractivity contribution in [2.75, 3.05) is 16.6 Å². The number of nitrogens with zero attached hydrogens (tertiary/aromatic N) is 2. The molecule has 7 heteroatoms. The van der Waals surface area contributed by atoms with Crippen molar-refractivity contribution < 1.29 is 19.2 Å². The molecule has 2 heterocycles. The van der Waals surface area contributed by atoms with Gasteiger partial charge in [0.1, 0.15) is 11.7 Å². The number of rotatable bonds is 5. The number of hydrogen-bond donors (Lipinski definition) is 0. The van der Waals surface area contributed by atoms with Crippen molar-refractivity contribution in [3.05, 3.63) is 89.4 Å². The summed E-state index contributed by atoms with van der Waals surface area (Å²) in [6.45, 7) is 2.39. The van der Waals surface area contributed by atoms with Gasteiger partial charge in [-0.05, 0) is 49.4 Å². The van der Waals surface area contributed by atoms with Gasteiger partial charge in [-0.3, -0.25) is 14.4 Å². The van der Waals surface area contributed by atoms with E-state index in [1.54, 1.807) is 29.3 Å². The van der Waals surface area contributed by atoms with Crippen LogP contribution in [0.4, 0.5) is 11.4 Å². The Hall–Kier alpha value is -3.35. The minimum Gasteiger partial charge on any atom is -0.494 e. The van der Waals surface area contributed by atoms with Crippen LogP contribution in [0.1, 0.15) is 18.5 Å². The van der Waals surface area contributed by atoms with E-state index in [1.165, 1.54) is 4.90 Å². The van der Waals surface area contributed by atoms with E-state index >= 15 is 0 Å². The van der Waals surface area contributed by atoms with Crippen molar-refractivity contribution in [1.82, 2.24) is 0 Å². The number of fused-ring (bicyclic) bond motifs is 1. The van der Waals surface area contributed by atoms with Gasteiger partial charge >= 0.3 is 0 Å². The zero-order valence-electron chi connectivity index (χ0n) is 17.4. The van der Waals surface area contributed by atoms with Crippen molar-refractivity contribution in [2.45, 2.75) is 19.1 Å². The van der Waals surface area contributed by atoms with Gasteiger partial charge in [-0.1, -0.05) is 48.0 Å². The smallest absolute Gasteiger partial charge is 0.266 e. The van der Waals surface area contributed by atoms with Gasteiger partial charge in [-0.25, -0.2) is 9.96 Å². The van der Waals surface area contributed by atoms with Crippen LogP contribution in [-0.2, 0) is 14.4 Å². The zero-order chi connectivity index (χ0) is 22.2. The largest absolute Gasteiger partial charge is 0.494 e. The SMILES string of the molecule is CCOc1ccccc1[C@@H]1[C@H]2C(=O)N(c3ccc(Cl)cc3)C(=O)[C@@H]2ON1c1ccccc1. The summed E-state index contributed by atoms with van der Waals surface area (Å²) in [7, 11) is 0. The van der Waals surface area contributed by atoms with Crippen LogP contribution in [0.15, 0.2) is 78.9 Å². The number of benzene rings is 3. The van der Waals surface area contributed by atoms with Crippen LogP contribution in [-0.4, -0.2) is 24.5 Å². The van der Waals surface area contributed by atoms with Gasteiger partial charge in [0.2, 0.25) is 5.91 Å². The second kappa shape index (κ2) is 8.30. The molecule has 3 atom stereocenters. The lowest BCUT2D eigenvalue weighted by atomic mass is 9.90. The summed E-state index contributed by atoms with van der Waals surface area (Å²) in [6.07, 6.45) is -0.932. The Labute approximate surface area is 190 Å². The first-order chi connectivity index (χ1) is 15.6. The summed E-state index contributed by atoms with van der Waals surface area (Å²) in [6, 6.07) is 23.2. The highest BCUT2D eigenvalue weighted by molar-refractivity contribution is 6.31. The summed E-state index contributed by atoms with van der Waals surface area (Å²) in [5.74, 6) is -0.757. The molecule has 0 N–H and O–H groups in total. The van der Waals surface area contributed by atoms with E-state index < -0.39 is 18.1 Å². The first-order valence-corrected chi connectivity index (χ1v) is 10.8. The van der Waals surface area contributed by atoms with Crippen molar-refractivity contribution in [2.24, 2.45) is 5.92 Å². The Balaban J connectivity index is 1.61. The molecule has 2 saturated heterocycles. The first kappa shape index (κ1) is 20.5. The molecular weight excluding hydrogens is 428 g/mol. The molecule has 0 saturated carbocycles. The van der Waals surface area contributed by atoms with Gasteiger partial charge < -0.3 is 4.74 Å². The topological polar surface area (TPSA) is 59.1 Å². The van der Waals surface area contributed by atoms with Crippen LogP contribution in [0.25, 0.3) is 0 Å². The summed E-state index contributed by atoms with van der Waals surface area (Å²) in [4.78, 5) is 34.3. The zero-order valence-corrected chi connectivity index (χ0v) is 18.1. The van der Waals surface area contributed by atoms with E-state index in [4.69, 9.17) is 21.2 Å². The summed E-state index contributed by atoms with van der Waals surface area (Å²) < 4.78 is 5.86. The Morgan fingerprint density at radius 2 is 1.56 bits per heavy atom. The van der Waals surface area contributed by atoms with E-state index in [0.717, 1.165) is 11.3 Å². The predicted molar refractivity (Wildman–Crippen MR) is 122 cm³/mol. The summed E-state index contributed by atoms with van der Waals surface area (Å²) >= 11 is 5.99. The molecule has 162 valence electrons. The van der Waals surface area contributed by atoms with Crippen molar-refractivity contribution in [3.8, 4) is 5.75 Å². The number of para-hydroxylation sites is 2. The lowest BCUT2D eigenvalue weighted by molar-refractivity contribution is -0.126.